The van der Waals surface area contributed by atoms with Crippen LogP contribution in [-0.2, 0) is 6.54 Å². The number of imidazole rings is 1. The van der Waals surface area contributed by atoms with Gasteiger partial charge in [-0.25, -0.2) is 9.50 Å². The Kier molecular flexibility index (Phi) is 3.05. The van der Waals surface area contributed by atoms with E-state index < -0.39 is 0 Å². The predicted octanol–water partition coefficient (Wildman–Crippen LogP) is 1.99. The topological polar surface area (TPSA) is 61.1 Å². The minimum Gasteiger partial charge on any atom is -0.333 e. The molecule has 19 heavy (non-hydrogen) atoms. The molecule has 0 saturated carbocycles. The first-order valence-electron chi connectivity index (χ1n) is 6.50. The Morgan fingerprint density at radius 2 is 2.21 bits per heavy atom. The molecule has 0 amide bonds. The molecular weight excluding hydrogens is 238 g/mol. The Labute approximate surface area is 111 Å². The van der Waals surface area contributed by atoms with Gasteiger partial charge in [-0.15, -0.1) is 0 Å². The normalized spacial score (nSPS) is 12.9. The van der Waals surface area contributed by atoms with Crippen LogP contribution < -0.4 is 5.73 Å². The maximum atomic E-state index is 6.37. The van der Waals surface area contributed by atoms with Gasteiger partial charge in [0.15, 0.2) is 0 Å². The van der Waals surface area contributed by atoms with E-state index in [1.54, 1.807) is 6.20 Å². The smallest absolute Gasteiger partial charge is 0.130 e. The second-order valence-corrected chi connectivity index (χ2v) is 4.59. The monoisotopic (exact) mass is 255 g/mol. The molecule has 1 atom stereocenters. The number of aromatic nitrogens is 4. The first-order valence-corrected chi connectivity index (χ1v) is 6.50. The summed E-state index contributed by atoms with van der Waals surface area (Å²) in [4.78, 5) is 4.40. The third-order valence-electron chi connectivity index (χ3n) is 3.28. The van der Waals surface area contributed by atoms with Crippen molar-refractivity contribution in [2.75, 3.05) is 0 Å². The fourth-order valence-electron chi connectivity index (χ4n) is 2.36. The highest BCUT2D eigenvalue weighted by molar-refractivity contribution is 5.56. The Balaban J connectivity index is 2.03. The summed E-state index contributed by atoms with van der Waals surface area (Å²) in [6.45, 7) is 3.08. The van der Waals surface area contributed by atoms with Gasteiger partial charge >= 0.3 is 0 Å². The van der Waals surface area contributed by atoms with E-state index in [1.165, 1.54) is 0 Å². The van der Waals surface area contributed by atoms with Gasteiger partial charge in [0.1, 0.15) is 5.82 Å². The van der Waals surface area contributed by atoms with Gasteiger partial charge < -0.3 is 10.3 Å². The lowest BCUT2D eigenvalue weighted by molar-refractivity contribution is 0.614. The van der Waals surface area contributed by atoms with Gasteiger partial charge in [-0.1, -0.05) is 13.0 Å². The molecule has 98 valence electrons. The van der Waals surface area contributed by atoms with Gasteiger partial charge in [0.2, 0.25) is 0 Å². The molecule has 1 unspecified atom stereocenters. The third kappa shape index (κ3) is 2.02. The molecule has 0 fully saturated rings. The van der Waals surface area contributed by atoms with E-state index in [2.05, 4.69) is 21.6 Å². The number of nitrogens with zero attached hydrogens (tertiary/aromatic N) is 4. The molecule has 3 rings (SSSR count). The van der Waals surface area contributed by atoms with Crippen molar-refractivity contribution in [3.8, 4) is 0 Å². The van der Waals surface area contributed by atoms with Crippen molar-refractivity contribution in [3.63, 3.8) is 0 Å². The van der Waals surface area contributed by atoms with Gasteiger partial charge in [0.05, 0.1) is 17.8 Å². The van der Waals surface area contributed by atoms with Crippen molar-refractivity contribution in [1.82, 2.24) is 19.2 Å². The first-order chi connectivity index (χ1) is 9.31. The highest BCUT2D eigenvalue weighted by atomic mass is 15.2. The molecule has 0 aliphatic rings. The summed E-state index contributed by atoms with van der Waals surface area (Å²) in [5.41, 5.74) is 8.40. The van der Waals surface area contributed by atoms with Crippen molar-refractivity contribution in [2.24, 2.45) is 5.73 Å². The molecule has 0 aliphatic heterocycles. The minimum atomic E-state index is -0.249. The van der Waals surface area contributed by atoms with Gasteiger partial charge in [-0.2, -0.15) is 5.10 Å². The summed E-state index contributed by atoms with van der Waals surface area (Å²) in [6, 6.07) is 5.72. The Morgan fingerprint density at radius 3 is 3.05 bits per heavy atom. The van der Waals surface area contributed by atoms with Crippen molar-refractivity contribution in [1.29, 1.82) is 0 Å². The highest BCUT2D eigenvalue weighted by Gasteiger charge is 2.18. The standard InChI is InChI=1S/C14H17N5/c1-2-7-18-9-6-16-14(18)13(15)11-10-17-19-8-4-3-5-12(11)19/h3-6,8-10,13H,2,7,15H2,1H3. The molecule has 0 radical (unpaired) electrons. The van der Waals surface area contributed by atoms with E-state index in [0.717, 1.165) is 29.9 Å². The maximum absolute atomic E-state index is 6.37. The highest BCUT2D eigenvalue weighted by Crippen LogP contribution is 2.22. The van der Waals surface area contributed by atoms with E-state index in [9.17, 15) is 0 Å². The molecule has 3 heterocycles. The second-order valence-electron chi connectivity index (χ2n) is 4.59. The molecule has 0 saturated heterocycles. The van der Waals surface area contributed by atoms with E-state index in [4.69, 9.17) is 5.73 Å². The molecule has 0 spiro atoms. The summed E-state index contributed by atoms with van der Waals surface area (Å²) >= 11 is 0. The van der Waals surface area contributed by atoms with Crippen molar-refractivity contribution < 1.29 is 0 Å². The summed E-state index contributed by atoms with van der Waals surface area (Å²) in [5.74, 6) is 0.889. The quantitative estimate of drug-likeness (QED) is 0.775. The van der Waals surface area contributed by atoms with Crippen molar-refractivity contribution in [3.05, 3.63) is 54.4 Å². The van der Waals surface area contributed by atoms with E-state index in [-0.39, 0.29) is 6.04 Å². The third-order valence-corrected chi connectivity index (χ3v) is 3.28. The zero-order chi connectivity index (χ0) is 13.2. The molecule has 0 bridgehead atoms. The Morgan fingerprint density at radius 1 is 1.32 bits per heavy atom. The molecule has 5 heteroatoms. The van der Waals surface area contributed by atoms with Gasteiger partial charge in [0.25, 0.3) is 0 Å². The number of rotatable bonds is 4. The summed E-state index contributed by atoms with van der Waals surface area (Å²) < 4.78 is 3.94. The number of aryl methyl sites for hydroxylation is 1. The lowest BCUT2D eigenvalue weighted by Gasteiger charge is -2.12. The number of hydrogen-bond donors (Lipinski definition) is 1. The van der Waals surface area contributed by atoms with E-state index in [0.29, 0.717) is 0 Å². The number of nitrogens with two attached hydrogens (primary N) is 1. The van der Waals surface area contributed by atoms with Crippen molar-refractivity contribution >= 4 is 5.52 Å². The van der Waals surface area contributed by atoms with E-state index in [1.807, 2.05) is 41.3 Å². The molecule has 5 nitrogen and oxygen atoms in total. The minimum absolute atomic E-state index is 0.249. The van der Waals surface area contributed by atoms with Crippen LogP contribution in [0.2, 0.25) is 0 Å². The lowest BCUT2D eigenvalue weighted by atomic mass is 10.1. The predicted molar refractivity (Wildman–Crippen MR) is 73.7 cm³/mol. The van der Waals surface area contributed by atoms with Crippen LogP contribution in [0, 0.1) is 0 Å². The summed E-state index contributed by atoms with van der Waals surface area (Å²) in [7, 11) is 0. The summed E-state index contributed by atoms with van der Waals surface area (Å²) in [5, 5.41) is 4.32. The van der Waals surface area contributed by atoms with Crippen molar-refractivity contribution in [2.45, 2.75) is 25.9 Å². The fraction of sp³-hybridized carbons (Fsp3) is 0.286. The zero-order valence-corrected chi connectivity index (χ0v) is 10.9. The van der Waals surface area contributed by atoms with E-state index >= 15 is 0 Å². The van der Waals surface area contributed by atoms with Crippen LogP contribution >= 0.6 is 0 Å². The average Bonchev–Trinajstić information content (AvgIpc) is 3.04. The zero-order valence-electron chi connectivity index (χ0n) is 10.9. The van der Waals surface area contributed by atoms with Crippen LogP contribution in [-0.4, -0.2) is 19.2 Å². The fourth-order valence-corrected chi connectivity index (χ4v) is 2.36. The molecule has 3 aromatic heterocycles. The lowest BCUT2D eigenvalue weighted by Crippen LogP contribution is -2.17. The summed E-state index contributed by atoms with van der Waals surface area (Å²) in [6.07, 6.45) is 8.58. The van der Waals surface area contributed by atoms with Crippen LogP contribution in [0.1, 0.15) is 30.8 Å². The van der Waals surface area contributed by atoms with Gasteiger partial charge in [-0.05, 0) is 18.6 Å². The van der Waals surface area contributed by atoms with Crippen LogP contribution in [0.15, 0.2) is 43.0 Å². The van der Waals surface area contributed by atoms with Crippen LogP contribution in [0.4, 0.5) is 0 Å². The van der Waals surface area contributed by atoms with Crippen LogP contribution in [0.5, 0.6) is 0 Å². The maximum Gasteiger partial charge on any atom is 0.130 e. The Bertz CT molecular complexity index is 682. The van der Waals surface area contributed by atoms with Crippen LogP contribution in [0.25, 0.3) is 5.52 Å². The second kappa shape index (κ2) is 4.85. The SMILES string of the molecule is CCCn1ccnc1C(N)c1cnn2ccccc12. The number of pyridine rings is 1. The molecule has 3 aromatic rings. The van der Waals surface area contributed by atoms with Gasteiger partial charge in [0, 0.05) is 30.7 Å². The molecule has 0 aromatic carbocycles. The van der Waals surface area contributed by atoms with Crippen LogP contribution in [0.3, 0.4) is 0 Å². The largest absolute Gasteiger partial charge is 0.333 e. The molecule has 2 N–H and O–H groups in total. The first kappa shape index (κ1) is 11.9. The number of fused-ring (bicyclic) bond motifs is 1. The number of hydrogen-bond acceptors (Lipinski definition) is 3. The Hall–Kier alpha value is -2.14. The van der Waals surface area contributed by atoms with Gasteiger partial charge in [-0.3, -0.25) is 0 Å². The molecular formula is C14H17N5. The average molecular weight is 255 g/mol. The molecule has 0 aliphatic carbocycles.